The average Bonchev–Trinajstić information content (AvgIpc) is 2.10. The number of nitrogens with zero attached hydrogens (tertiary/aromatic N) is 1. The number of hydrogen-bond acceptors (Lipinski definition) is 5. The van der Waals surface area contributed by atoms with E-state index in [0.29, 0.717) is 22.2 Å². The highest BCUT2D eigenvalue weighted by atomic mass is 16.4. The Morgan fingerprint density at radius 1 is 1.36 bits per heavy atom. The Labute approximate surface area is 79.3 Å². The van der Waals surface area contributed by atoms with Crippen LogP contribution < -0.4 is 17.1 Å². The Morgan fingerprint density at radius 3 is 2.79 bits per heavy atom. The maximum atomic E-state index is 11.4. The molecule has 72 valence electrons. The fourth-order valence-corrected chi connectivity index (χ4v) is 1.35. The lowest BCUT2D eigenvalue weighted by atomic mass is 10.1. The molecule has 0 aliphatic rings. The minimum absolute atomic E-state index is 0.133. The lowest BCUT2D eigenvalue weighted by Crippen LogP contribution is -2.07. The third-order valence-corrected chi connectivity index (χ3v) is 2.12. The molecule has 0 bridgehead atoms. The van der Waals surface area contributed by atoms with Crippen LogP contribution in [-0.2, 0) is 0 Å². The first kappa shape index (κ1) is 8.55. The first-order valence-electron chi connectivity index (χ1n) is 4.05. The van der Waals surface area contributed by atoms with Crippen LogP contribution in [0.4, 0.5) is 11.7 Å². The number of nitrogen functional groups attached to an aromatic ring is 2. The van der Waals surface area contributed by atoms with Gasteiger partial charge in [-0.05, 0) is 24.6 Å². The van der Waals surface area contributed by atoms with Crippen molar-refractivity contribution in [1.29, 1.82) is 0 Å². The first-order valence-corrected chi connectivity index (χ1v) is 4.05. The zero-order valence-electron chi connectivity index (χ0n) is 7.57. The molecular formula is C9H9N3O2. The van der Waals surface area contributed by atoms with Gasteiger partial charge in [0.15, 0.2) is 0 Å². The normalized spacial score (nSPS) is 10.6. The summed E-state index contributed by atoms with van der Waals surface area (Å²) in [7, 11) is 0. The van der Waals surface area contributed by atoms with Gasteiger partial charge in [-0.1, -0.05) is 0 Å². The number of aryl methyl sites for hydroxylation is 1. The zero-order valence-corrected chi connectivity index (χ0v) is 7.57. The molecule has 0 fully saturated rings. The average molecular weight is 191 g/mol. The van der Waals surface area contributed by atoms with Gasteiger partial charge >= 0.3 is 5.63 Å². The van der Waals surface area contributed by atoms with Crippen molar-refractivity contribution in [3.8, 4) is 0 Å². The van der Waals surface area contributed by atoms with E-state index >= 15 is 0 Å². The highest BCUT2D eigenvalue weighted by Crippen LogP contribution is 2.19. The highest BCUT2D eigenvalue weighted by Gasteiger charge is 2.08. The van der Waals surface area contributed by atoms with Gasteiger partial charge in [0.2, 0.25) is 0 Å². The van der Waals surface area contributed by atoms with Crippen molar-refractivity contribution in [3.63, 3.8) is 0 Å². The Bertz CT molecular complexity index is 560. The molecule has 1 aromatic carbocycles. The molecule has 2 rings (SSSR count). The molecule has 4 N–H and O–H groups in total. The minimum atomic E-state index is -0.502. The number of benzene rings is 1. The van der Waals surface area contributed by atoms with Crippen molar-refractivity contribution in [2.45, 2.75) is 6.92 Å². The van der Waals surface area contributed by atoms with Crippen molar-refractivity contribution in [2.24, 2.45) is 0 Å². The summed E-state index contributed by atoms with van der Waals surface area (Å²) in [5.41, 5.74) is 12.2. The number of rotatable bonds is 0. The van der Waals surface area contributed by atoms with Crippen molar-refractivity contribution in [2.75, 3.05) is 11.5 Å². The smallest absolute Gasteiger partial charge is 0.348 e. The molecule has 2 aromatic rings. The molecule has 1 aromatic heterocycles. The van der Waals surface area contributed by atoms with Gasteiger partial charge in [-0.2, -0.15) is 4.98 Å². The minimum Gasteiger partial charge on any atom is -0.398 e. The maximum absolute atomic E-state index is 11.4. The van der Waals surface area contributed by atoms with Crippen molar-refractivity contribution in [1.82, 2.24) is 4.98 Å². The number of aromatic nitrogens is 1. The number of anilines is 2. The predicted molar refractivity (Wildman–Crippen MR) is 53.8 cm³/mol. The summed E-state index contributed by atoms with van der Waals surface area (Å²) in [5.74, 6) is 0. The summed E-state index contributed by atoms with van der Waals surface area (Å²) in [5, 5.41) is 0.388. The molecular weight excluding hydrogens is 182 g/mol. The third kappa shape index (κ3) is 1.10. The van der Waals surface area contributed by atoms with E-state index in [1.807, 2.05) is 0 Å². The van der Waals surface area contributed by atoms with E-state index in [0.717, 1.165) is 0 Å². The Hall–Kier alpha value is -2.04. The molecule has 0 aliphatic heterocycles. The summed E-state index contributed by atoms with van der Waals surface area (Å²) in [6.45, 7) is 1.74. The largest absolute Gasteiger partial charge is 0.398 e. The molecule has 0 aliphatic carbocycles. The molecule has 0 saturated heterocycles. The maximum Gasteiger partial charge on any atom is 0.348 e. The van der Waals surface area contributed by atoms with Crippen LogP contribution in [0.5, 0.6) is 0 Å². The standard InChI is InChI=1S/C9H9N3O2/c1-4-5(10)2-3-6-7(4)8(13)14-9(11)12-6/h2-3H,10H2,1H3,(H2,11,12). The van der Waals surface area contributed by atoms with E-state index in [-0.39, 0.29) is 6.01 Å². The Balaban J connectivity index is 3.03. The van der Waals surface area contributed by atoms with Gasteiger partial charge in [0, 0.05) is 5.69 Å². The number of fused-ring (bicyclic) bond motifs is 1. The summed E-state index contributed by atoms with van der Waals surface area (Å²) >= 11 is 0. The topological polar surface area (TPSA) is 95.1 Å². The van der Waals surface area contributed by atoms with Crippen molar-refractivity contribution in [3.05, 3.63) is 28.1 Å². The van der Waals surface area contributed by atoms with Crippen LogP contribution in [0, 0.1) is 6.92 Å². The van der Waals surface area contributed by atoms with Gasteiger partial charge in [-0.15, -0.1) is 0 Å². The van der Waals surface area contributed by atoms with Gasteiger partial charge in [-0.25, -0.2) is 4.79 Å². The van der Waals surface area contributed by atoms with E-state index < -0.39 is 5.63 Å². The van der Waals surface area contributed by atoms with Crippen LogP contribution in [0.2, 0.25) is 0 Å². The predicted octanol–water partition coefficient (Wildman–Crippen LogP) is 0.661. The SMILES string of the molecule is Cc1c(N)ccc2nc(N)oc(=O)c12. The van der Waals surface area contributed by atoms with Gasteiger partial charge in [0.1, 0.15) is 0 Å². The molecule has 5 heteroatoms. The lowest BCUT2D eigenvalue weighted by Gasteiger charge is -2.02. The van der Waals surface area contributed by atoms with Gasteiger partial charge < -0.3 is 15.9 Å². The third-order valence-electron chi connectivity index (χ3n) is 2.12. The number of hydrogen-bond donors (Lipinski definition) is 2. The summed E-state index contributed by atoms with van der Waals surface area (Å²) in [4.78, 5) is 15.3. The van der Waals surface area contributed by atoms with Gasteiger partial charge in [0.25, 0.3) is 6.01 Å². The quantitative estimate of drug-likeness (QED) is 0.596. The van der Waals surface area contributed by atoms with Crippen LogP contribution in [0.1, 0.15) is 5.56 Å². The van der Waals surface area contributed by atoms with Gasteiger partial charge in [0.05, 0.1) is 10.9 Å². The van der Waals surface area contributed by atoms with Crippen LogP contribution in [-0.4, -0.2) is 4.98 Å². The van der Waals surface area contributed by atoms with Crippen LogP contribution >= 0.6 is 0 Å². The molecule has 5 nitrogen and oxygen atoms in total. The van der Waals surface area contributed by atoms with Crippen molar-refractivity contribution < 1.29 is 4.42 Å². The van der Waals surface area contributed by atoms with Crippen LogP contribution in [0.25, 0.3) is 10.9 Å². The van der Waals surface area contributed by atoms with E-state index in [1.54, 1.807) is 19.1 Å². The van der Waals surface area contributed by atoms with Crippen LogP contribution in [0.15, 0.2) is 21.3 Å². The molecule has 0 atom stereocenters. The molecule has 0 saturated carbocycles. The molecule has 14 heavy (non-hydrogen) atoms. The second-order valence-electron chi connectivity index (χ2n) is 3.01. The molecule has 0 spiro atoms. The molecule has 0 radical (unpaired) electrons. The monoisotopic (exact) mass is 191 g/mol. The number of nitrogens with two attached hydrogens (primary N) is 2. The highest BCUT2D eigenvalue weighted by molar-refractivity contribution is 5.85. The zero-order chi connectivity index (χ0) is 10.3. The summed E-state index contributed by atoms with van der Waals surface area (Å²) < 4.78 is 4.68. The molecule has 0 amide bonds. The van der Waals surface area contributed by atoms with E-state index in [9.17, 15) is 4.79 Å². The Morgan fingerprint density at radius 2 is 2.07 bits per heavy atom. The fraction of sp³-hybridized carbons (Fsp3) is 0.111. The molecule has 1 heterocycles. The van der Waals surface area contributed by atoms with Crippen molar-refractivity contribution >= 4 is 22.6 Å². The van der Waals surface area contributed by atoms with Crippen LogP contribution in [0.3, 0.4) is 0 Å². The second-order valence-corrected chi connectivity index (χ2v) is 3.01. The van der Waals surface area contributed by atoms with E-state index in [2.05, 4.69) is 9.40 Å². The van der Waals surface area contributed by atoms with Gasteiger partial charge in [-0.3, -0.25) is 0 Å². The van der Waals surface area contributed by atoms with E-state index in [1.165, 1.54) is 0 Å². The Kier molecular flexibility index (Phi) is 1.67. The fourth-order valence-electron chi connectivity index (χ4n) is 1.35. The van der Waals surface area contributed by atoms with E-state index in [4.69, 9.17) is 11.5 Å². The second kappa shape index (κ2) is 2.73. The summed E-state index contributed by atoms with van der Waals surface area (Å²) in [6, 6.07) is 3.20. The first-order chi connectivity index (χ1) is 6.59. The molecule has 0 unspecified atom stereocenters. The summed E-state index contributed by atoms with van der Waals surface area (Å²) in [6.07, 6.45) is 0. The lowest BCUT2D eigenvalue weighted by molar-refractivity contribution is 0.524.